The number of anilines is 1. The zero-order valence-corrected chi connectivity index (χ0v) is 12.0. The number of carbonyl (C=O) groups is 1. The summed E-state index contributed by atoms with van der Waals surface area (Å²) in [5.41, 5.74) is 2.01. The molecule has 112 valence electrons. The zero-order chi connectivity index (χ0) is 15.9. The van der Waals surface area contributed by atoms with Crippen molar-refractivity contribution in [1.29, 1.82) is 0 Å². The molecular formula is C14H13N5O3. The quantitative estimate of drug-likeness (QED) is 0.687. The third-order valence-electron chi connectivity index (χ3n) is 3.59. The van der Waals surface area contributed by atoms with Crippen molar-refractivity contribution >= 4 is 17.4 Å². The van der Waals surface area contributed by atoms with E-state index in [0.717, 1.165) is 5.56 Å². The van der Waals surface area contributed by atoms with Crippen LogP contribution in [0.2, 0.25) is 0 Å². The Bertz CT molecular complexity index is 791. The fourth-order valence-corrected chi connectivity index (χ4v) is 2.63. The minimum absolute atomic E-state index is 0.00146. The highest BCUT2D eigenvalue weighted by Gasteiger charge is 2.31. The third-order valence-corrected chi connectivity index (χ3v) is 3.59. The van der Waals surface area contributed by atoms with Crippen molar-refractivity contribution in [3.05, 3.63) is 57.5 Å². The molecule has 0 amide bonds. The number of fused-ring (bicyclic) bond motifs is 1. The average molecular weight is 299 g/mol. The third kappa shape index (κ3) is 2.14. The van der Waals surface area contributed by atoms with E-state index in [-0.39, 0.29) is 11.5 Å². The highest BCUT2D eigenvalue weighted by Crippen LogP contribution is 2.35. The Morgan fingerprint density at radius 2 is 2.05 bits per heavy atom. The molecule has 1 unspecified atom stereocenters. The van der Waals surface area contributed by atoms with E-state index in [1.807, 2.05) is 0 Å². The van der Waals surface area contributed by atoms with Crippen molar-refractivity contribution in [2.45, 2.75) is 19.9 Å². The highest BCUT2D eigenvalue weighted by atomic mass is 16.6. The summed E-state index contributed by atoms with van der Waals surface area (Å²) in [6.07, 6.45) is 1.40. The van der Waals surface area contributed by atoms with E-state index < -0.39 is 11.0 Å². The van der Waals surface area contributed by atoms with Crippen molar-refractivity contribution < 1.29 is 9.72 Å². The summed E-state index contributed by atoms with van der Waals surface area (Å²) in [6, 6.07) is 5.66. The van der Waals surface area contributed by atoms with Crippen LogP contribution in [0, 0.1) is 10.1 Å². The van der Waals surface area contributed by atoms with Gasteiger partial charge in [-0.05, 0) is 31.5 Å². The zero-order valence-electron chi connectivity index (χ0n) is 12.0. The monoisotopic (exact) mass is 299 g/mol. The van der Waals surface area contributed by atoms with Gasteiger partial charge in [0.15, 0.2) is 5.78 Å². The maximum Gasteiger partial charge on any atom is 0.269 e. The molecule has 2 aromatic rings. The van der Waals surface area contributed by atoms with Crippen molar-refractivity contribution in [2.75, 3.05) is 5.32 Å². The molecule has 1 atom stereocenters. The lowest BCUT2D eigenvalue weighted by molar-refractivity contribution is -0.384. The SMILES string of the molecule is CC(=O)C1=C(C)Nc2ncnn2C1c1ccc([N+](=O)[O-])cc1. The predicted octanol–water partition coefficient (Wildman–Crippen LogP) is 2.06. The fraction of sp³-hybridized carbons (Fsp3) is 0.214. The molecule has 0 bridgehead atoms. The van der Waals surface area contributed by atoms with Crippen LogP contribution in [0.3, 0.4) is 0 Å². The van der Waals surface area contributed by atoms with Gasteiger partial charge in [-0.2, -0.15) is 10.1 Å². The predicted molar refractivity (Wildman–Crippen MR) is 78.3 cm³/mol. The van der Waals surface area contributed by atoms with Crippen molar-refractivity contribution in [2.24, 2.45) is 0 Å². The Balaban J connectivity index is 2.14. The molecule has 0 saturated carbocycles. The summed E-state index contributed by atoms with van der Waals surface area (Å²) in [7, 11) is 0. The van der Waals surface area contributed by atoms with Crippen LogP contribution in [-0.2, 0) is 4.79 Å². The molecule has 0 radical (unpaired) electrons. The minimum Gasteiger partial charge on any atom is -0.328 e. The maximum absolute atomic E-state index is 12.0. The van der Waals surface area contributed by atoms with Crippen molar-refractivity contribution in [3.8, 4) is 0 Å². The van der Waals surface area contributed by atoms with Crippen molar-refractivity contribution in [1.82, 2.24) is 14.8 Å². The number of non-ortho nitro benzene ring substituents is 1. The minimum atomic E-state index is -0.458. The van der Waals surface area contributed by atoms with E-state index in [1.165, 1.54) is 25.4 Å². The standard InChI is InChI=1S/C14H13N5O3/c1-8-12(9(2)20)13(18-14(17-8)15-7-16-18)10-3-5-11(6-4-10)19(21)22/h3-7,13H,1-2H3,(H,15,16,17). The van der Waals surface area contributed by atoms with Gasteiger partial charge in [0.2, 0.25) is 5.95 Å². The van der Waals surface area contributed by atoms with Crippen LogP contribution >= 0.6 is 0 Å². The summed E-state index contributed by atoms with van der Waals surface area (Å²) in [4.78, 5) is 26.5. The van der Waals surface area contributed by atoms with Gasteiger partial charge in [0.1, 0.15) is 12.4 Å². The van der Waals surface area contributed by atoms with Gasteiger partial charge in [-0.25, -0.2) is 4.68 Å². The van der Waals surface area contributed by atoms with Crippen LogP contribution in [0.5, 0.6) is 0 Å². The lowest BCUT2D eigenvalue weighted by Crippen LogP contribution is -2.27. The molecule has 0 saturated heterocycles. The van der Waals surface area contributed by atoms with Crippen LogP contribution in [0.1, 0.15) is 25.5 Å². The Morgan fingerprint density at radius 1 is 1.36 bits per heavy atom. The van der Waals surface area contributed by atoms with Gasteiger partial charge in [-0.15, -0.1) is 0 Å². The molecule has 3 rings (SSSR count). The normalized spacial score (nSPS) is 16.9. The molecule has 0 fully saturated rings. The number of nitro benzene ring substituents is 1. The Kier molecular flexibility index (Phi) is 3.21. The number of ketones is 1. The van der Waals surface area contributed by atoms with Gasteiger partial charge in [0.25, 0.3) is 5.69 Å². The van der Waals surface area contributed by atoms with Crippen LogP contribution in [0.15, 0.2) is 41.9 Å². The Morgan fingerprint density at radius 3 is 2.64 bits per heavy atom. The summed E-state index contributed by atoms with van der Waals surface area (Å²) in [5.74, 6) is 0.445. The van der Waals surface area contributed by atoms with Gasteiger partial charge in [0, 0.05) is 23.4 Å². The number of Topliss-reactive ketones (excluding diaryl/α,β-unsaturated/α-hetero) is 1. The molecular weight excluding hydrogens is 286 g/mol. The Hall–Kier alpha value is -3.03. The largest absolute Gasteiger partial charge is 0.328 e. The smallest absolute Gasteiger partial charge is 0.269 e. The molecule has 2 heterocycles. The van der Waals surface area contributed by atoms with E-state index in [9.17, 15) is 14.9 Å². The lowest BCUT2D eigenvalue weighted by atomic mass is 9.93. The first kappa shape index (κ1) is 13.9. The molecule has 1 aromatic heterocycles. The second kappa shape index (κ2) is 5.06. The molecule has 1 aliphatic heterocycles. The number of benzene rings is 1. The van der Waals surface area contributed by atoms with Crippen LogP contribution in [-0.4, -0.2) is 25.5 Å². The number of hydrogen-bond acceptors (Lipinski definition) is 6. The number of aromatic nitrogens is 3. The maximum atomic E-state index is 12.0. The molecule has 0 spiro atoms. The van der Waals surface area contributed by atoms with Gasteiger partial charge in [-0.3, -0.25) is 14.9 Å². The number of hydrogen-bond donors (Lipinski definition) is 1. The summed E-state index contributed by atoms with van der Waals surface area (Å²) in [6.45, 7) is 3.29. The topological polar surface area (TPSA) is 103 Å². The van der Waals surface area contributed by atoms with E-state index >= 15 is 0 Å². The number of nitrogens with zero attached hydrogens (tertiary/aromatic N) is 4. The van der Waals surface area contributed by atoms with Gasteiger partial charge < -0.3 is 5.32 Å². The summed E-state index contributed by atoms with van der Waals surface area (Å²) < 4.78 is 1.60. The first-order valence-corrected chi connectivity index (χ1v) is 6.61. The second-order valence-corrected chi connectivity index (χ2v) is 5.00. The molecule has 22 heavy (non-hydrogen) atoms. The molecule has 1 N–H and O–H groups in total. The average Bonchev–Trinajstić information content (AvgIpc) is 2.93. The molecule has 0 aliphatic carbocycles. The van der Waals surface area contributed by atoms with E-state index in [0.29, 0.717) is 17.2 Å². The van der Waals surface area contributed by atoms with Crippen LogP contribution in [0.4, 0.5) is 11.6 Å². The summed E-state index contributed by atoms with van der Waals surface area (Å²) >= 11 is 0. The van der Waals surface area contributed by atoms with Gasteiger partial charge in [-0.1, -0.05) is 0 Å². The lowest BCUT2D eigenvalue weighted by Gasteiger charge is -2.28. The number of carbonyl (C=O) groups excluding carboxylic acids is 1. The van der Waals surface area contributed by atoms with Crippen LogP contribution < -0.4 is 5.32 Å². The Labute approximate surface area is 125 Å². The van der Waals surface area contributed by atoms with E-state index in [2.05, 4.69) is 15.4 Å². The molecule has 8 nitrogen and oxygen atoms in total. The number of rotatable bonds is 3. The van der Waals surface area contributed by atoms with Gasteiger partial charge >= 0.3 is 0 Å². The summed E-state index contributed by atoms with van der Waals surface area (Å²) in [5, 5.41) is 18.0. The number of nitro groups is 1. The first-order chi connectivity index (χ1) is 10.5. The molecule has 1 aromatic carbocycles. The van der Waals surface area contributed by atoms with Crippen molar-refractivity contribution in [3.63, 3.8) is 0 Å². The second-order valence-electron chi connectivity index (χ2n) is 5.00. The molecule has 1 aliphatic rings. The fourth-order valence-electron chi connectivity index (χ4n) is 2.63. The van der Waals surface area contributed by atoms with E-state index in [1.54, 1.807) is 23.7 Å². The van der Waals surface area contributed by atoms with E-state index in [4.69, 9.17) is 0 Å². The van der Waals surface area contributed by atoms with Gasteiger partial charge in [0.05, 0.1) is 4.92 Å². The first-order valence-electron chi connectivity index (χ1n) is 6.61. The number of allylic oxidation sites excluding steroid dienone is 2. The number of nitrogens with one attached hydrogen (secondary N) is 1. The highest BCUT2D eigenvalue weighted by molar-refractivity contribution is 5.96. The van der Waals surface area contributed by atoms with Crippen LogP contribution in [0.25, 0.3) is 0 Å². The molecule has 8 heteroatoms.